The van der Waals surface area contributed by atoms with Crippen LogP contribution in [0.1, 0.15) is 35.0 Å². The molecule has 2 aromatic carbocycles. The number of nitrogens with zero attached hydrogens (tertiary/aromatic N) is 3. The minimum atomic E-state index is -0.359. The Labute approximate surface area is 161 Å². The normalized spacial score (nSPS) is 16.8. The highest BCUT2D eigenvalue weighted by molar-refractivity contribution is 5.94. The van der Waals surface area contributed by atoms with Gasteiger partial charge >= 0.3 is 0 Å². The molecule has 1 amide bonds. The first-order chi connectivity index (χ1) is 13.7. The zero-order valence-electron chi connectivity index (χ0n) is 15.5. The lowest BCUT2D eigenvalue weighted by Gasteiger charge is -2.31. The van der Waals surface area contributed by atoms with Crippen molar-refractivity contribution in [2.45, 2.75) is 18.8 Å². The first-order valence-corrected chi connectivity index (χ1v) is 9.17. The minimum Gasteiger partial charge on any atom is -0.496 e. The number of ether oxygens (including phenoxy) is 1. The lowest BCUT2D eigenvalue weighted by atomic mass is 9.97. The Hall–Kier alpha value is -3.22. The highest BCUT2D eigenvalue weighted by Gasteiger charge is 2.29. The van der Waals surface area contributed by atoms with Crippen molar-refractivity contribution in [2.24, 2.45) is 0 Å². The monoisotopic (exact) mass is 381 g/mol. The van der Waals surface area contributed by atoms with Crippen LogP contribution in [0.3, 0.4) is 0 Å². The van der Waals surface area contributed by atoms with Gasteiger partial charge in [0, 0.05) is 18.7 Å². The van der Waals surface area contributed by atoms with Crippen LogP contribution < -0.4 is 4.74 Å². The Morgan fingerprint density at radius 3 is 2.75 bits per heavy atom. The van der Waals surface area contributed by atoms with Gasteiger partial charge in [0.2, 0.25) is 5.89 Å². The number of amides is 1. The van der Waals surface area contributed by atoms with Crippen LogP contribution >= 0.6 is 0 Å². The van der Waals surface area contributed by atoms with Gasteiger partial charge in [-0.15, -0.1) is 10.2 Å². The van der Waals surface area contributed by atoms with E-state index in [4.69, 9.17) is 9.15 Å². The fourth-order valence-electron chi connectivity index (χ4n) is 3.47. The van der Waals surface area contributed by atoms with Crippen molar-refractivity contribution in [2.75, 3.05) is 20.2 Å². The summed E-state index contributed by atoms with van der Waals surface area (Å²) in [5, 5.41) is 8.38. The van der Waals surface area contributed by atoms with Crippen molar-refractivity contribution in [3.05, 3.63) is 65.8 Å². The van der Waals surface area contributed by atoms with E-state index in [2.05, 4.69) is 10.2 Å². The number of benzene rings is 2. The average Bonchev–Trinajstić information content (AvgIpc) is 3.24. The summed E-state index contributed by atoms with van der Waals surface area (Å²) in [7, 11) is 1.59. The number of hydrogen-bond acceptors (Lipinski definition) is 5. The van der Waals surface area contributed by atoms with Gasteiger partial charge in [0.15, 0.2) is 0 Å². The second-order valence-corrected chi connectivity index (χ2v) is 6.74. The van der Waals surface area contributed by atoms with E-state index < -0.39 is 0 Å². The first-order valence-electron chi connectivity index (χ1n) is 9.17. The van der Waals surface area contributed by atoms with E-state index in [0.717, 1.165) is 18.4 Å². The third kappa shape index (κ3) is 3.60. The van der Waals surface area contributed by atoms with Crippen LogP contribution in [-0.4, -0.2) is 41.2 Å². The molecular formula is C21H20FN3O3. The molecule has 4 rings (SSSR count). The summed E-state index contributed by atoms with van der Waals surface area (Å²) in [6.45, 7) is 1.14. The number of hydrogen-bond donors (Lipinski definition) is 0. The molecule has 7 heteroatoms. The summed E-state index contributed by atoms with van der Waals surface area (Å²) in [6, 6.07) is 13.1. The van der Waals surface area contributed by atoms with Crippen molar-refractivity contribution in [3.63, 3.8) is 0 Å². The van der Waals surface area contributed by atoms with Crippen LogP contribution in [-0.2, 0) is 0 Å². The lowest BCUT2D eigenvalue weighted by molar-refractivity contribution is 0.0698. The van der Waals surface area contributed by atoms with Gasteiger partial charge in [-0.2, -0.15) is 0 Å². The number of carbonyl (C=O) groups is 1. The first kappa shape index (κ1) is 18.2. The lowest BCUT2D eigenvalue weighted by Crippen LogP contribution is -2.39. The third-order valence-electron chi connectivity index (χ3n) is 4.93. The van der Waals surface area contributed by atoms with E-state index in [-0.39, 0.29) is 17.6 Å². The molecule has 1 atom stereocenters. The van der Waals surface area contributed by atoms with Gasteiger partial charge in [0.25, 0.3) is 11.8 Å². The molecule has 2 heterocycles. The number of para-hydroxylation sites is 1. The topological polar surface area (TPSA) is 68.5 Å². The molecule has 0 bridgehead atoms. The number of piperidine rings is 1. The maximum atomic E-state index is 13.1. The second-order valence-electron chi connectivity index (χ2n) is 6.74. The maximum absolute atomic E-state index is 13.1. The number of likely N-dealkylation sites (tertiary alicyclic amines) is 1. The van der Waals surface area contributed by atoms with Crippen molar-refractivity contribution in [1.29, 1.82) is 0 Å². The van der Waals surface area contributed by atoms with Crippen LogP contribution in [0.2, 0.25) is 0 Å². The zero-order valence-corrected chi connectivity index (χ0v) is 15.5. The van der Waals surface area contributed by atoms with Gasteiger partial charge in [-0.3, -0.25) is 4.79 Å². The molecule has 0 radical (unpaired) electrons. The second kappa shape index (κ2) is 7.80. The van der Waals surface area contributed by atoms with Crippen LogP contribution in [0.15, 0.2) is 52.9 Å². The third-order valence-corrected chi connectivity index (χ3v) is 4.93. The molecule has 1 aliphatic rings. The molecule has 3 aromatic rings. The standard InChI is InChI=1S/C21H20FN3O3/c1-27-18-7-3-2-6-17(18)20-24-23-19(28-20)15-5-4-12-25(13-15)21(26)14-8-10-16(22)11-9-14/h2-3,6-11,15H,4-5,12-13H2,1H3/t15-/m0/s1. The molecule has 6 nitrogen and oxygen atoms in total. The summed E-state index contributed by atoms with van der Waals surface area (Å²) in [5.41, 5.74) is 1.21. The maximum Gasteiger partial charge on any atom is 0.253 e. The van der Waals surface area contributed by atoms with Gasteiger partial charge in [-0.25, -0.2) is 4.39 Å². The molecule has 0 aliphatic carbocycles. The van der Waals surface area contributed by atoms with Crippen molar-refractivity contribution >= 4 is 5.91 Å². The van der Waals surface area contributed by atoms with Crippen LogP contribution in [0.25, 0.3) is 11.5 Å². The number of halogens is 1. The molecule has 1 aromatic heterocycles. The highest BCUT2D eigenvalue weighted by atomic mass is 19.1. The summed E-state index contributed by atoms with van der Waals surface area (Å²) < 4.78 is 24.4. The zero-order chi connectivity index (χ0) is 19.5. The molecule has 0 saturated carbocycles. The Morgan fingerprint density at radius 1 is 1.18 bits per heavy atom. The molecular weight excluding hydrogens is 361 g/mol. The van der Waals surface area contributed by atoms with Gasteiger partial charge in [-0.05, 0) is 49.2 Å². The Kier molecular flexibility index (Phi) is 5.06. The van der Waals surface area contributed by atoms with Crippen molar-refractivity contribution < 1.29 is 18.3 Å². The average molecular weight is 381 g/mol. The fraction of sp³-hybridized carbons (Fsp3) is 0.286. The predicted octanol–water partition coefficient (Wildman–Crippen LogP) is 3.90. The summed E-state index contributed by atoms with van der Waals surface area (Å²) in [6.07, 6.45) is 1.70. The fourth-order valence-corrected chi connectivity index (χ4v) is 3.47. The van der Waals surface area contributed by atoms with E-state index in [0.29, 0.717) is 36.2 Å². The van der Waals surface area contributed by atoms with Crippen LogP contribution in [0.5, 0.6) is 5.75 Å². The molecule has 1 fully saturated rings. The van der Waals surface area contributed by atoms with Crippen LogP contribution in [0.4, 0.5) is 4.39 Å². The SMILES string of the molecule is COc1ccccc1-c1nnc([C@H]2CCCN(C(=O)c3ccc(F)cc3)C2)o1. The van der Waals surface area contributed by atoms with Crippen molar-refractivity contribution in [1.82, 2.24) is 15.1 Å². The number of rotatable bonds is 4. The predicted molar refractivity (Wildman–Crippen MR) is 101 cm³/mol. The van der Waals surface area contributed by atoms with E-state index in [1.807, 2.05) is 24.3 Å². The minimum absolute atomic E-state index is 0.0332. The largest absolute Gasteiger partial charge is 0.496 e. The van der Waals surface area contributed by atoms with E-state index in [9.17, 15) is 9.18 Å². The van der Waals surface area contributed by atoms with Gasteiger partial charge in [0.1, 0.15) is 11.6 Å². The van der Waals surface area contributed by atoms with Gasteiger partial charge in [-0.1, -0.05) is 12.1 Å². The van der Waals surface area contributed by atoms with E-state index >= 15 is 0 Å². The summed E-state index contributed by atoms with van der Waals surface area (Å²) in [5.74, 6) is 1.06. The Bertz CT molecular complexity index is 971. The van der Waals surface area contributed by atoms with Crippen molar-refractivity contribution in [3.8, 4) is 17.2 Å². The molecule has 1 aliphatic heterocycles. The Balaban J connectivity index is 1.51. The highest BCUT2D eigenvalue weighted by Crippen LogP contribution is 2.32. The summed E-state index contributed by atoms with van der Waals surface area (Å²) >= 11 is 0. The van der Waals surface area contributed by atoms with Gasteiger partial charge in [0.05, 0.1) is 18.6 Å². The number of methoxy groups -OCH3 is 1. The molecule has 28 heavy (non-hydrogen) atoms. The number of aromatic nitrogens is 2. The molecule has 0 N–H and O–H groups in total. The van der Waals surface area contributed by atoms with Gasteiger partial charge < -0.3 is 14.1 Å². The van der Waals surface area contributed by atoms with E-state index in [1.54, 1.807) is 12.0 Å². The number of carbonyl (C=O) groups excluding carboxylic acids is 1. The van der Waals surface area contributed by atoms with Crippen LogP contribution in [0, 0.1) is 5.82 Å². The molecule has 1 saturated heterocycles. The molecule has 144 valence electrons. The van der Waals surface area contributed by atoms with E-state index in [1.165, 1.54) is 24.3 Å². The molecule has 0 unspecified atom stereocenters. The quantitative estimate of drug-likeness (QED) is 0.686. The Morgan fingerprint density at radius 2 is 1.96 bits per heavy atom. The smallest absolute Gasteiger partial charge is 0.253 e. The summed E-state index contributed by atoms with van der Waals surface area (Å²) in [4.78, 5) is 14.5. The molecule has 0 spiro atoms.